The van der Waals surface area contributed by atoms with E-state index in [1.165, 1.54) is 5.56 Å². The minimum Gasteiger partial charge on any atom is -0.354 e. The molecule has 5 nitrogen and oxygen atoms in total. The molecule has 3 heterocycles. The number of nitrogens with zero attached hydrogens (tertiary/aromatic N) is 4. The number of piperazine rings is 1. The molecule has 1 aliphatic heterocycles. The highest BCUT2D eigenvalue weighted by Gasteiger charge is 2.19. The van der Waals surface area contributed by atoms with E-state index < -0.39 is 0 Å². The number of Topliss-reactive ketones (excluding diaryl/α,β-unsaturated/α-hetero) is 1. The number of thiophene rings is 1. The van der Waals surface area contributed by atoms with Crippen molar-refractivity contribution in [2.45, 2.75) is 26.8 Å². The molecule has 122 valence electrons. The fourth-order valence-corrected chi connectivity index (χ4v) is 3.59. The number of ketones is 1. The summed E-state index contributed by atoms with van der Waals surface area (Å²) in [6.45, 7) is 8.63. The van der Waals surface area contributed by atoms with Crippen LogP contribution in [0.3, 0.4) is 0 Å². The summed E-state index contributed by atoms with van der Waals surface area (Å²) in [6.07, 6.45) is 2.60. The van der Waals surface area contributed by atoms with Gasteiger partial charge in [0.2, 0.25) is 0 Å². The van der Waals surface area contributed by atoms with Gasteiger partial charge in [-0.15, -0.1) is 11.3 Å². The first-order valence-corrected chi connectivity index (χ1v) is 8.90. The molecule has 1 saturated heterocycles. The van der Waals surface area contributed by atoms with E-state index in [0.29, 0.717) is 0 Å². The summed E-state index contributed by atoms with van der Waals surface area (Å²) < 4.78 is 0. The van der Waals surface area contributed by atoms with E-state index in [9.17, 15) is 4.79 Å². The number of hydrogen-bond donors (Lipinski definition) is 0. The zero-order valence-electron chi connectivity index (χ0n) is 13.7. The number of anilines is 1. The van der Waals surface area contributed by atoms with Gasteiger partial charge in [-0.25, -0.2) is 9.97 Å². The minimum absolute atomic E-state index is 0.154. The number of carbonyl (C=O) groups is 1. The first-order chi connectivity index (χ1) is 11.2. The largest absolute Gasteiger partial charge is 0.354 e. The predicted octanol–water partition coefficient (Wildman–Crippen LogP) is 2.63. The zero-order valence-corrected chi connectivity index (χ0v) is 14.5. The number of rotatable bonds is 5. The van der Waals surface area contributed by atoms with Crippen LogP contribution in [-0.4, -0.2) is 46.8 Å². The molecule has 23 heavy (non-hydrogen) atoms. The van der Waals surface area contributed by atoms with Crippen molar-refractivity contribution in [3.05, 3.63) is 40.0 Å². The van der Waals surface area contributed by atoms with E-state index >= 15 is 0 Å². The fourth-order valence-electron chi connectivity index (χ4n) is 2.79. The topological polar surface area (TPSA) is 49.3 Å². The van der Waals surface area contributed by atoms with E-state index in [2.05, 4.69) is 38.1 Å². The van der Waals surface area contributed by atoms with Gasteiger partial charge in [0.05, 0.1) is 4.88 Å². The van der Waals surface area contributed by atoms with Gasteiger partial charge in [0, 0.05) is 44.5 Å². The predicted molar refractivity (Wildman–Crippen MR) is 93.2 cm³/mol. The van der Waals surface area contributed by atoms with Crippen LogP contribution in [0.15, 0.2) is 23.8 Å². The van der Waals surface area contributed by atoms with Gasteiger partial charge in [-0.05, 0) is 30.4 Å². The molecule has 0 atom stereocenters. The van der Waals surface area contributed by atoms with Crippen molar-refractivity contribution in [2.75, 3.05) is 31.1 Å². The maximum absolute atomic E-state index is 11.4. The zero-order chi connectivity index (χ0) is 16.2. The lowest BCUT2D eigenvalue weighted by Gasteiger charge is -2.35. The lowest BCUT2D eigenvalue weighted by molar-refractivity contribution is 0.102. The highest BCUT2D eigenvalue weighted by molar-refractivity contribution is 7.12. The first-order valence-electron chi connectivity index (χ1n) is 8.02. The van der Waals surface area contributed by atoms with Crippen molar-refractivity contribution >= 4 is 22.9 Å². The Morgan fingerprint density at radius 3 is 2.65 bits per heavy atom. The van der Waals surface area contributed by atoms with Crippen molar-refractivity contribution in [1.29, 1.82) is 0 Å². The van der Waals surface area contributed by atoms with Crippen molar-refractivity contribution in [1.82, 2.24) is 14.9 Å². The summed E-state index contributed by atoms with van der Waals surface area (Å²) in [5, 5.41) is 2.10. The summed E-state index contributed by atoms with van der Waals surface area (Å²) in [6, 6.07) is 4.12. The molecule has 2 aromatic rings. The molecular formula is C17H22N4OS. The number of aryl methyl sites for hydroxylation is 1. The van der Waals surface area contributed by atoms with Crippen LogP contribution in [0.1, 0.15) is 34.8 Å². The summed E-state index contributed by atoms with van der Waals surface area (Å²) in [5.41, 5.74) is 2.33. The van der Waals surface area contributed by atoms with Crippen LogP contribution < -0.4 is 4.90 Å². The molecule has 3 rings (SSSR count). The van der Waals surface area contributed by atoms with Gasteiger partial charge in [0.15, 0.2) is 5.78 Å². The van der Waals surface area contributed by atoms with Gasteiger partial charge < -0.3 is 4.90 Å². The highest BCUT2D eigenvalue weighted by Crippen LogP contribution is 2.19. The van der Waals surface area contributed by atoms with E-state index in [1.807, 2.05) is 6.07 Å². The number of aromatic nitrogens is 2. The van der Waals surface area contributed by atoms with Crippen LogP contribution >= 0.6 is 11.3 Å². The standard InChI is InChI=1S/C17H22N4OS/c1-3-15-9-17(19-12-18-15)21-6-4-20(5-7-21)10-14-8-16(13(2)22)23-11-14/h8-9,11-12H,3-7,10H2,1-2H3. The van der Waals surface area contributed by atoms with E-state index in [1.54, 1.807) is 24.6 Å². The van der Waals surface area contributed by atoms with Gasteiger partial charge >= 0.3 is 0 Å². The number of hydrogen-bond acceptors (Lipinski definition) is 6. The normalized spacial score (nSPS) is 15.8. The Labute approximate surface area is 141 Å². The Morgan fingerprint density at radius 2 is 2.00 bits per heavy atom. The molecule has 0 aliphatic carbocycles. The Hall–Kier alpha value is -1.79. The molecule has 0 N–H and O–H groups in total. The van der Waals surface area contributed by atoms with E-state index in [0.717, 1.165) is 55.5 Å². The quantitative estimate of drug-likeness (QED) is 0.789. The van der Waals surface area contributed by atoms with Crippen molar-refractivity contribution in [3.63, 3.8) is 0 Å². The summed E-state index contributed by atoms with van der Waals surface area (Å²) in [7, 11) is 0. The summed E-state index contributed by atoms with van der Waals surface area (Å²) >= 11 is 1.54. The van der Waals surface area contributed by atoms with Crippen molar-refractivity contribution in [2.24, 2.45) is 0 Å². The lowest BCUT2D eigenvalue weighted by Crippen LogP contribution is -2.46. The maximum atomic E-state index is 11.4. The van der Waals surface area contributed by atoms with Crippen LogP contribution in [0.5, 0.6) is 0 Å². The molecule has 1 fully saturated rings. The maximum Gasteiger partial charge on any atom is 0.169 e. The van der Waals surface area contributed by atoms with Crippen molar-refractivity contribution < 1.29 is 4.79 Å². The average molecular weight is 330 g/mol. The minimum atomic E-state index is 0.154. The molecular weight excluding hydrogens is 308 g/mol. The Bertz CT molecular complexity index is 677. The monoisotopic (exact) mass is 330 g/mol. The van der Waals surface area contributed by atoms with Gasteiger partial charge in [-0.3, -0.25) is 9.69 Å². The summed E-state index contributed by atoms with van der Waals surface area (Å²) in [5.74, 6) is 1.19. The Morgan fingerprint density at radius 1 is 1.22 bits per heavy atom. The molecule has 0 amide bonds. The van der Waals surface area contributed by atoms with Gasteiger partial charge in [0.25, 0.3) is 0 Å². The molecule has 1 aliphatic rings. The van der Waals surface area contributed by atoms with Crippen LogP contribution in [0.25, 0.3) is 0 Å². The average Bonchev–Trinajstić information content (AvgIpc) is 3.04. The first kappa shape index (κ1) is 16.1. The second-order valence-electron chi connectivity index (χ2n) is 5.86. The van der Waals surface area contributed by atoms with Crippen molar-refractivity contribution in [3.8, 4) is 0 Å². The Kier molecular flexibility index (Phi) is 5.03. The smallest absolute Gasteiger partial charge is 0.169 e. The molecule has 0 spiro atoms. The molecule has 0 bridgehead atoms. The fraction of sp³-hybridized carbons (Fsp3) is 0.471. The molecule has 6 heteroatoms. The SMILES string of the molecule is CCc1cc(N2CCN(Cc3csc(C(C)=O)c3)CC2)ncn1. The van der Waals surface area contributed by atoms with E-state index in [-0.39, 0.29) is 5.78 Å². The van der Waals surface area contributed by atoms with Gasteiger partial charge in [0.1, 0.15) is 12.1 Å². The van der Waals surface area contributed by atoms with Crippen LogP contribution in [-0.2, 0) is 13.0 Å². The third-order valence-electron chi connectivity index (χ3n) is 4.17. The molecule has 0 aromatic carbocycles. The summed E-state index contributed by atoms with van der Waals surface area (Å²) in [4.78, 5) is 25.7. The van der Waals surface area contributed by atoms with Crippen LogP contribution in [0.2, 0.25) is 0 Å². The third-order valence-corrected chi connectivity index (χ3v) is 5.25. The second kappa shape index (κ2) is 7.19. The molecule has 0 radical (unpaired) electrons. The second-order valence-corrected chi connectivity index (χ2v) is 6.77. The van der Waals surface area contributed by atoms with E-state index in [4.69, 9.17) is 0 Å². The highest BCUT2D eigenvalue weighted by atomic mass is 32.1. The molecule has 0 unspecified atom stereocenters. The van der Waals surface area contributed by atoms with Gasteiger partial charge in [-0.1, -0.05) is 6.92 Å². The third kappa shape index (κ3) is 3.95. The molecule has 2 aromatic heterocycles. The van der Waals surface area contributed by atoms with Gasteiger partial charge in [-0.2, -0.15) is 0 Å². The lowest BCUT2D eigenvalue weighted by atomic mass is 10.2. The number of carbonyl (C=O) groups excluding carboxylic acids is 1. The van der Waals surface area contributed by atoms with Crippen LogP contribution in [0, 0.1) is 0 Å². The molecule has 0 saturated carbocycles. The Balaban J connectivity index is 1.56. The van der Waals surface area contributed by atoms with Crippen LogP contribution in [0.4, 0.5) is 5.82 Å².